The highest BCUT2D eigenvalue weighted by molar-refractivity contribution is 5.59. The molecule has 0 saturated carbocycles. The molecule has 160 valence electrons. The molecule has 1 atom stereocenters. The first-order valence-corrected chi connectivity index (χ1v) is 10.9. The molecule has 1 aliphatic heterocycles. The molecule has 0 radical (unpaired) electrons. The average Bonchev–Trinajstić information content (AvgIpc) is 2.83. The number of nitrogens with zero attached hydrogens (tertiary/aromatic N) is 4. The van der Waals surface area contributed by atoms with Crippen LogP contribution < -0.4 is 15.2 Å². The fraction of sp³-hybridized carbons (Fsp3) is 0.375. The fourth-order valence-corrected chi connectivity index (χ4v) is 4.77. The molecule has 7 nitrogen and oxygen atoms in total. The van der Waals surface area contributed by atoms with Crippen molar-refractivity contribution in [3.8, 4) is 17.0 Å². The minimum absolute atomic E-state index is 0.132. The summed E-state index contributed by atoms with van der Waals surface area (Å²) < 4.78 is 5.48. The van der Waals surface area contributed by atoms with Gasteiger partial charge in [0.25, 0.3) is 5.56 Å². The molecular formula is C24H27N5O2. The number of ether oxygens (including phenoxy) is 1. The third-order valence-corrected chi connectivity index (χ3v) is 6.40. The molecule has 5 rings (SSSR count). The predicted molar refractivity (Wildman–Crippen MR) is 121 cm³/mol. The number of pyridine rings is 1. The van der Waals surface area contributed by atoms with Gasteiger partial charge in [-0.15, -0.1) is 0 Å². The van der Waals surface area contributed by atoms with Crippen LogP contribution in [0.5, 0.6) is 5.75 Å². The first-order valence-electron chi connectivity index (χ1n) is 10.9. The summed E-state index contributed by atoms with van der Waals surface area (Å²) in [6.07, 6.45) is 6.96. The van der Waals surface area contributed by atoms with Gasteiger partial charge in [-0.2, -0.15) is 0 Å². The molecule has 3 aromatic rings. The Morgan fingerprint density at radius 3 is 2.65 bits per heavy atom. The first kappa shape index (κ1) is 19.8. The van der Waals surface area contributed by atoms with Gasteiger partial charge in [0.05, 0.1) is 12.8 Å². The zero-order valence-electron chi connectivity index (χ0n) is 17.8. The summed E-state index contributed by atoms with van der Waals surface area (Å²) in [5.41, 5.74) is 4.29. The zero-order valence-corrected chi connectivity index (χ0v) is 17.8. The van der Waals surface area contributed by atoms with E-state index in [9.17, 15) is 4.79 Å². The normalized spacial score (nSPS) is 19.1. The van der Waals surface area contributed by atoms with Crippen LogP contribution in [0.3, 0.4) is 0 Å². The highest BCUT2D eigenvalue weighted by atomic mass is 16.5. The first-order chi connectivity index (χ1) is 15.2. The molecule has 0 amide bonds. The molecule has 1 saturated heterocycles. The Balaban J connectivity index is 1.33. The Morgan fingerprint density at radius 2 is 1.87 bits per heavy atom. The van der Waals surface area contributed by atoms with Crippen molar-refractivity contribution in [1.82, 2.24) is 19.9 Å². The third-order valence-electron chi connectivity index (χ3n) is 6.40. The van der Waals surface area contributed by atoms with Gasteiger partial charge in [-0.05, 0) is 54.7 Å². The Morgan fingerprint density at radius 1 is 1.06 bits per heavy atom. The van der Waals surface area contributed by atoms with Crippen LogP contribution in [0, 0.1) is 0 Å². The molecule has 1 N–H and O–H groups in total. The van der Waals surface area contributed by atoms with Crippen LogP contribution in [0.25, 0.3) is 11.3 Å². The van der Waals surface area contributed by atoms with E-state index in [0.29, 0.717) is 17.7 Å². The number of fused-ring (bicyclic) bond motifs is 1. The van der Waals surface area contributed by atoms with Crippen molar-refractivity contribution < 1.29 is 4.74 Å². The van der Waals surface area contributed by atoms with Gasteiger partial charge in [-0.1, -0.05) is 6.07 Å². The van der Waals surface area contributed by atoms with Gasteiger partial charge >= 0.3 is 0 Å². The SMILES string of the molecule is COc1ccc2c(c1)C(N1CCN(c3nc(-c4ccncc4)cc(=O)[nH]3)CC1)CCC2. The summed E-state index contributed by atoms with van der Waals surface area (Å²) in [7, 11) is 1.73. The second kappa shape index (κ2) is 8.51. The summed E-state index contributed by atoms with van der Waals surface area (Å²) in [6, 6.07) is 12.2. The third kappa shape index (κ3) is 4.05. The van der Waals surface area contributed by atoms with Crippen LogP contribution in [0.1, 0.15) is 30.0 Å². The smallest absolute Gasteiger partial charge is 0.252 e. The van der Waals surface area contributed by atoms with Gasteiger partial charge in [0.1, 0.15) is 5.75 Å². The van der Waals surface area contributed by atoms with Gasteiger partial charge in [-0.25, -0.2) is 4.98 Å². The van der Waals surface area contributed by atoms with E-state index in [1.165, 1.54) is 24.0 Å². The summed E-state index contributed by atoms with van der Waals surface area (Å²) in [4.78, 5) is 28.7. The number of H-pyrrole nitrogens is 1. The maximum atomic E-state index is 12.3. The Labute approximate surface area is 181 Å². The number of piperazine rings is 1. The molecule has 0 spiro atoms. The van der Waals surface area contributed by atoms with Gasteiger partial charge in [-0.3, -0.25) is 19.7 Å². The molecule has 7 heteroatoms. The minimum Gasteiger partial charge on any atom is -0.497 e. The second-order valence-electron chi connectivity index (χ2n) is 8.19. The van der Waals surface area contributed by atoms with E-state index in [4.69, 9.17) is 9.72 Å². The Hall–Kier alpha value is -3.19. The van der Waals surface area contributed by atoms with E-state index in [1.54, 1.807) is 25.6 Å². The molecule has 31 heavy (non-hydrogen) atoms. The van der Waals surface area contributed by atoms with Crippen LogP contribution in [-0.4, -0.2) is 53.1 Å². The van der Waals surface area contributed by atoms with E-state index < -0.39 is 0 Å². The number of aromatic amines is 1. The number of hydrogen-bond donors (Lipinski definition) is 1. The van der Waals surface area contributed by atoms with Gasteiger partial charge in [0.15, 0.2) is 0 Å². The van der Waals surface area contributed by atoms with Crippen molar-refractivity contribution in [3.63, 3.8) is 0 Å². The molecule has 1 unspecified atom stereocenters. The lowest BCUT2D eigenvalue weighted by atomic mass is 9.86. The van der Waals surface area contributed by atoms with Crippen molar-refractivity contribution >= 4 is 5.95 Å². The fourth-order valence-electron chi connectivity index (χ4n) is 4.77. The summed E-state index contributed by atoms with van der Waals surface area (Å²) in [5.74, 6) is 1.57. The quantitative estimate of drug-likeness (QED) is 0.703. The topological polar surface area (TPSA) is 74.3 Å². The standard InChI is InChI=1S/C24H27N5O2/c1-31-19-6-5-17-3-2-4-22(20(17)15-19)28-11-13-29(14-12-28)24-26-21(16-23(30)27-24)18-7-9-25-10-8-18/h5-10,15-16,22H,2-4,11-14H2,1H3,(H,26,27,30). The molecule has 1 aromatic carbocycles. The summed E-state index contributed by atoms with van der Waals surface area (Å²) >= 11 is 0. The van der Waals surface area contributed by atoms with Crippen LogP contribution >= 0.6 is 0 Å². The number of rotatable bonds is 4. The number of aryl methyl sites for hydroxylation is 1. The minimum atomic E-state index is -0.132. The molecular weight excluding hydrogens is 390 g/mol. The maximum Gasteiger partial charge on any atom is 0.252 e. The molecule has 2 aliphatic rings. The van der Waals surface area contributed by atoms with E-state index >= 15 is 0 Å². The number of anilines is 1. The maximum absolute atomic E-state index is 12.3. The molecule has 0 bridgehead atoms. The number of nitrogens with one attached hydrogen (secondary N) is 1. The number of aromatic nitrogens is 3. The van der Waals surface area contributed by atoms with Crippen molar-refractivity contribution in [2.24, 2.45) is 0 Å². The summed E-state index contributed by atoms with van der Waals surface area (Å²) in [5, 5.41) is 0. The van der Waals surface area contributed by atoms with Crippen LogP contribution in [0.2, 0.25) is 0 Å². The number of hydrogen-bond acceptors (Lipinski definition) is 6. The number of methoxy groups -OCH3 is 1. The van der Waals surface area contributed by atoms with E-state index in [2.05, 4.69) is 38.0 Å². The molecule has 3 heterocycles. The van der Waals surface area contributed by atoms with Crippen molar-refractivity contribution in [2.75, 3.05) is 38.2 Å². The van der Waals surface area contributed by atoms with Gasteiger partial charge in [0, 0.05) is 56.2 Å². The molecule has 2 aromatic heterocycles. The lowest BCUT2D eigenvalue weighted by Gasteiger charge is -2.41. The Bertz CT molecular complexity index is 1110. The monoisotopic (exact) mass is 417 g/mol. The van der Waals surface area contributed by atoms with Gasteiger partial charge < -0.3 is 9.64 Å². The lowest BCUT2D eigenvalue weighted by Crippen LogP contribution is -2.49. The lowest BCUT2D eigenvalue weighted by molar-refractivity contribution is 0.168. The van der Waals surface area contributed by atoms with E-state index in [-0.39, 0.29) is 5.56 Å². The van der Waals surface area contributed by atoms with Crippen molar-refractivity contribution in [3.05, 3.63) is 70.3 Å². The van der Waals surface area contributed by atoms with Gasteiger partial charge in [0.2, 0.25) is 5.95 Å². The molecule has 1 fully saturated rings. The highest BCUT2D eigenvalue weighted by Gasteiger charge is 2.29. The molecule has 1 aliphatic carbocycles. The summed E-state index contributed by atoms with van der Waals surface area (Å²) in [6.45, 7) is 3.53. The highest BCUT2D eigenvalue weighted by Crippen LogP contribution is 2.37. The van der Waals surface area contributed by atoms with E-state index in [1.807, 2.05) is 12.1 Å². The average molecular weight is 418 g/mol. The van der Waals surface area contributed by atoms with Crippen molar-refractivity contribution in [2.45, 2.75) is 25.3 Å². The predicted octanol–water partition coefficient (Wildman–Crippen LogP) is 3.04. The van der Waals surface area contributed by atoms with Crippen LogP contribution in [0.4, 0.5) is 5.95 Å². The van der Waals surface area contributed by atoms with Crippen LogP contribution in [0.15, 0.2) is 53.6 Å². The van der Waals surface area contributed by atoms with Crippen LogP contribution in [-0.2, 0) is 6.42 Å². The zero-order chi connectivity index (χ0) is 21.2. The van der Waals surface area contributed by atoms with E-state index in [0.717, 1.165) is 43.9 Å². The second-order valence-corrected chi connectivity index (χ2v) is 8.19. The largest absolute Gasteiger partial charge is 0.497 e. The number of benzene rings is 1. The Kier molecular flexibility index (Phi) is 5.42. The van der Waals surface area contributed by atoms with Crippen molar-refractivity contribution in [1.29, 1.82) is 0 Å².